The standard InChI is InChI=1S/C20H16N4O3S/c1-11-15-18(25)23-17(13-8-5-6-10-21-13)24-20(15)28-16(11)19(26)22-12-7-3-4-9-14(12)27-2/h3-10H,1-2H3,(H,22,26)(H,23,24,25). The Morgan fingerprint density at radius 1 is 1.18 bits per heavy atom. The minimum atomic E-state index is -0.316. The highest BCUT2D eigenvalue weighted by atomic mass is 32.1. The van der Waals surface area contributed by atoms with Crippen LogP contribution < -0.4 is 15.6 Å². The number of rotatable bonds is 4. The largest absolute Gasteiger partial charge is 0.495 e. The van der Waals surface area contributed by atoms with Gasteiger partial charge in [0.1, 0.15) is 16.3 Å². The van der Waals surface area contributed by atoms with Gasteiger partial charge in [-0.05, 0) is 36.8 Å². The minimum absolute atomic E-state index is 0.296. The number of aromatic nitrogens is 3. The zero-order valence-electron chi connectivity index (χ0n) is 15.1. The van der Waals surface area contributed by atoms with E-state index in [0.29, 0.717) is 43.6 Å². The molecule has 140 valence electrons. The van der Waals surface area contributed by atoms with Crippen LogP contribution in [0.15, 0.2) is 53.5 Å². The van der Waals surface area contributed by atoms with E-state index in [2.05, 4.69) is 20.3 Å². The molecule has 0 aliphatic carbocycles. The van der Waals surface area contributed by atoms with Crippen molar-refractivity contribution >= 4 is 33.1 Å². The number of aromatic amines is 1. The maximum Gasteiger partial charge on any atom is 0.266 e. The van der Waals surface area contributed by atoms with Gasteiger partial charge in [0, 0.05) is 6.20 Å². The Balaban J connectivity index is 1.76. The molecule has 1 amide bonds. The molecule has 0 bridgehead atoms. The summed E-state index contributed by atoms with van der Waals surface area (Å²) in [5.41, 5.74) is 1.42. The van der Waals surface area contributed by atoms with Crippen LogP contribution in [-0.4, -0.2) is 28.0 Å². The van der Waals surface area contributed by atoms with Crippen LogP contribution >= 0.6 is 11.3 Å². The number of anilines is 1. The molecule has 3 heterocycles. The van der Waals surface area contributed by atoms with Gasteiger partial charge in [-0.1, -0.05) is 18.2 Å². The first kappa shape index (κ1) is 17.9. The molecule has 4 aromatic rings. The summed E-state index contributed by atoms with van der Waals surface area (Å²) in [6.07, 6.45) is 1.63. The highest BCUT2D eigenvalue weighted by Crippen LogP contribution is 2.30. The van der Waals surface area contributed by atoms with Crippen LogP contribution in [0.25, 0.3) is 21.7 Å². The summed E-state index contributed by atoms with van der Waals surface area (Å²) in [5.74, 6) is 0.614. The number of hydrogen-bond acceptors (Lipinski definition) is 6. The Labute approximate surface area is 164 Å². The first-order valence-electron chi connectivity index (χ1n) is 8.47. The number of ether oxygens (including phenoxy) is 1. The van der Waals surface area contributed by atoms with Gasteiger partial charge in [-0.25, -0.2) is 4.98 Å². The number of carbonyl (C=O) groups excluding carboxylic acids is 1. The number of fused-ring (bicyclic) bond motifs is 1. The van der Waals surface area contributed by atoms with Crippen molar-refractivity contribution in [2.75, 3.05) is 12.4 Å². The summed E-state index contributed by atoms with van der Waals surface area (Å²) in [6.45, 7) is 1.74. The average Bonchev–Trinajstić information content (AvgIpc) is 3.06. The fourth-order valence-electron chi connectivity index (χ4n) is 2.91. The van der Waals surface area contributed by atoms with E-state index >= 15 is 0 Å². The molecule has 0 fully saturated rings. The molecule has 0 spiro atoms. The molecule has 3 aromatic heterocycles. The summed E-state index contributed by atoms with van der Waals surface area (Å²) in [5, 5.41) is 3.25. The lowest BCUT2D eigenvalue weighted by Crippen LogP contribution is -2.13. The number of carbonyl (C=O) groups is 1. The molecule has 0 atom stereocenters. The normalized spacial score (nSPS) is 10.8. The number of nitrogens with zero attached hydrogens (tertiary/aromatic N) is 2. The van der Waals surface area contributed by atoms with Gasteiger partial charge in [0.2, 0.25) is 0 Å². The summed E-state index contributed by atoms with van der Waals surface area (Å²) in [4.78, 5) is 37.8. The lowest BCUT2D eigenvalue weighted by molar-refractivity contribution is 0.102. The quantitative estimate of drug-likeness (QED) is 0.553. The van der Waals surface area contributed by atoms with E-state index in [4.69, 9.17) is 4.74 Å². The Hall–Kier alpha value is -3.52. The monoisotopic (exact) mass is 392 g/mol. The first-order valence-corrected chi connectivity index (χ1v) is 9.29. The third kappa shape index (κ3) is 3.14. The predicted molar refractivity (Wildman–Crippen MR) is 109 cm³/mol. The maximum absolute atomic E-state index is 12.8. The Morgan fingerprint density at radius 2 is 1.96 bits per heavy atom. The van der Waals surface area contributed by atoms with Crippen molar-refractivity contribution in [1.82, 2.24) is 15.0 Å². The van der Waals surface area contributed by atoms with E-state index in [9.17, 15) is 9.59 Å². The second kappa shape index (κ2) is 7.24. The number of H-pyrrole nitrogens is 1. The molecular formula is C20H16N4O3S. The first-order chi connectivity index (χ1) is 13.6. The second-order valence-electron chi connectivity index (χ2n) is 6.02. The van der Waals surface area contributed by atoms with Crippen LogP contribution in [-0.2, 0) is 0 Å². The van der Waals surface area contributed by atoms with E-state index in [1.165, 1.54) is 18.4 Å². The van der Waals surface area contributed by atoms with Crippen molar-refractivity contribution in [2.24, 2.45) is 0 Å². The molecule has 4 rings (SSSR count). The lowest BCUT2D eigenvalue weighted by Gasteiger charge is -2.09. The van der Waals surface area contributed by atoms with Crippen molar-refractivity contribution < 1.29 is 9.53 Å². The molecule has 28 heavy (non-hydrogen) atoms. The molecule has 1 aromatic carbocycles. The number of para-hydroxylation sites is 2. The maximum atomic E-state index is 12.8. The van der Waals surface area contributed by atoms with Gasteiger partial charge >= 0.3 is 0 Å². The number of aryl methyl sites for hydroxylation is 1. The number of methoxy groups -OCH3 is 1. The minimum Gasteiger partial charge on any atom is -0.495 e. The predicted octanol–water partition coefficient (Wildman–Crippen LogP) is 3.62. The van der Waals surface area contributed by atoms with Crippen molar-refractivity contribution in [3.8, 4) is 17.3 Å². The zero-order chi connectivity index (χ0) is 19.7. The number of thiophene rings is 1. The van der Waals surface area contributed by atoms with Crippen LogP contribution in [0.5, 0.6) is 5.75 Å². The SMILES string of the molecule is COc1ccccc1NC(=O)c1sc2nc(-c3ccccn3)[nH]c(=O)c2c1C. The number of amides is 1. The van der Waals surface area contributed by atoms with E-state index < -0.39 is 0 Å². The van der Waals surface area contributed by atoms with Gasteiger partial charge in [-0.2, -0.15) is 0 Å². The van der Waals surface area contributed by atoms with Gasteiger partial charge < -0.3 is 15.0 Å². The molecule has 0 saturated carbocycles. The molecule has 0 aliphatic rings. The van der Waals surface area contributed by atoms with E-state index in [1.807, 2.05) is 12.1 Å². The van der Waals surface area contributed by atoms with Crippen LogP contribution in [0.1, 0.15) is 15.2 Å². The molecule has 0 radical (unpaired) electrons. The fraction of sp³-hybridized carbons (Fsp3) is 0.100. The summed E-state index contributed by atoms with van der Waals surface area (Å²) >= 11 is 1.18. The van der Waals surface area contributed by atoms with E-state index in [1.54, 1.807) is 43.5 Å². The topological polar surface area (TPSA) is 97.0 Å². The van der Waals surface area contributed by atoms with Crippen LogP contribution in [0.2, 0.25) is 0 Å². The average molecular weight is 392 g/mol. The van der Waals surface area contributed by atoms with Crippen LogP contribution in [0.3, 0.4) is 0 Å². The van der Waals surface area contributed by atoms with Crippen molar-refractivity contribution in [1.29, 1.82) is 0 Å². The Bertz CT molecular complexity index is 1230. The highest BCUT2D eigenvalue weighted by Gasteiger charge is 2.20. The molecular weight excluding hydrogens is 376 g/mol. The zero-order valence-corrected chi connectivity index (χ0v) is 16.0. The summed E-state index contributed by atoms with van der Waals surface area (Å²) in [7, 11) is 1.54. The second-order valence-corrected chi connectivity index (χ2v) is 7.02. The molecule has 8 heteroatoms. The Morgan fingerprint density at radius 3 is 2.71 bits per heavy atom. The summed E-state index contributed by atoms with van der Waals surface area (Å²) < 4.78 is 5.27. The van der Waals surface area contributed by atoms with Gasteiger partial charge in [0.05, 0.1) is 23.1 Å². The van der Waals surface area contributed by atoms with Gasteiger partial charge in [-0.3, -0.25) is 14.6 Å². The van der Waals surface area contributed by atoms with E-state index in [-0.39, 0.29) is 11.5 Å². The molecule has 0 saturated heterocycles. The molecule has 0 aliphatic heterocycles. The summed E-state index contributed by atoms with van der Waals surface area (Å²) in [6, 6.07) is 12.5. The number of benzene rings is 1. The molecule has 0 unspecified atom stereocenters. The van der Waals surface area contributed by atoms with Crippen LogP contribution in [0, 0.1) is 6.92 Å². The number of nitrogens with one attached hydrogen (secondary N) is 2. The number of pyridine rings is 1. The third-order valence-electron chi connectivity index (χ3n) is 4.27. The van der Waals surface area contributed by atoms with Crippen molar-refractivity contribution in [3.05, 3.63) is 69.5 Å². The van der Waals surface area contributed by atoms with Gasteiger partial charge in [0.25, 0.3) is 11.5 Å². The highest BCUT2D eigenvalue weighted by molar-refractivity contribution is 7.20. The fourth-order valence-corrected chi connectivity index (χ4v) is 3.99. The smallest absolute Gasteiger partial charge is 0.266 e. The van der Waals surface area contributed by atoms with Gasteiger partial charge in [0.15, 0.2) is 5.82 Å². The van der Waals surface area contributed by atoms with E-state index in [0.717, 1.165) is 0 Å². The third-order valence-corrected chi connectivity index (χ3v) is 5.45. The van der Waals surface area contributed by atoms with Gasteiger partial charge in [-0.15, -0.1) is 11.3 Å². The number of hydrogen-bond donors (Lipinski definition) is 2. The Kier molecular flexibility index (Phi) is 4.62. The van der Waals surface area contributed by atoms with Crippen molar-refractivity contribution in [3.63, 3.8) is 0 Å². The lowest BCUT2D eigenvalue weighted by atomic mass is 10.2. The van der Waals surface area contributed by atoms with Crippen molar-refractivity contribution in [2.45, 2.75) is 6.92 Å². The van der Waals surface area contributed by atoms with Crippen LogP contribution in [0.4, 0.5) is 5.69 Å². The molecule has 2 N–H and O–H groups in total. The molecule has 7 nitrogen and oxygen atoms in total.